The Morgan fingerprint density at radius 1 is 1.25 bits per heavy atom. The van der Waals surface area contributed by atoms with Crippen molar-refractivity contribution in [2.75, 3.05) is 25.5 Å². The van der Waals surface area contributed by atoms with Crippen LogP contribution in [-0.4, -0.2) is 32.0 Å². The van der Waals surface area contributed by atoms with Gasteiger partial charge in [0.25, 0.3) is 5.91 Å². The van der Waals surface area contributed by atoms with Gasteiger partial charge in [0, 0.05) is 13.0 Å². The molecule has 20 heavy (non-hydrogen) atoms. The third-order valence-corrected chi connectivity index (χ3v) is 3.61. The van der Waals surface area contributed by atoms with E-state index < -0.39 is 0 Å². The number of aryl methyl sites for hydroxylation is 1. The fraction of sp³-hybridized carbons (Fsp3) is 0.467. The lowest BCUT2D eigenvalue weighted by atomic mass is 9.97. The van der Waals surface area contributed by atoms with E-state index >= 15 is 0 Å². The van der Waals surface area contributed by atoms with Crippen LogP contribution in [-0.2, 0) is 4.79 Å². The number of carbonyl (C=O) groups excluding carboxylic acids is 2. The van der Waals surface area contributed by atoms with Crippen LogP contribution in [0.1, 0.15) is 28.8 Å². The number of carbonyl (C=O) groups is 2. The van der Waals surface area contributed by atoms with Crippen LogP contribution in [0.4, 0.5) is 5.69 Å². The summed E-state index contributed by atoms with van der Waals surface area (Å²) in [6, 6.07) is 5.47. The van der Waals surface area contributed by atoms with Crippen LogP contribution in [0.15, 0.2) is 18.2 Å². The van der Waals surface area contributed by atoms with Gasteiger partial charge >= 0.3 is 0 Å². The number of hydrogen-bond donors (Lipinski definition) is 3. The second kappa shape index (κ2) is 6.52. The molecule has 0 aliphatic carbocycles. The van der Waals surface area contributed by atoms with Gasteiger partial charge in [0.05, 0.1) is 11.3 Å². The minimum absolute atomic E-state index is 0.000469. The molecule has 5 nitrogen and oxygen atoms in total. The van der Waals surface area contributed by atoms with Gasteiger partial charge in [0.2, 0.25) is 5.91 Å². The Bertz CT molecular complexity index is 508. The summed E-state index contributed by atoms with van der Waals surface area (Å²) in [6.07, 6.45) is 1.68. The number of amides is 2. The largest absolute Gasteiger partial charge is 0.355 e. The molecule has 2 rings (SSSR count). The highest BCUT2D eigenvalue weighted by atomic mass is 16.2. The van der Waals surface area contributed by atoms with Crippen molar-refractivity contribution in [1.29, 1.82) is 0 Å². The summed E-state index contributed by atoms with van der Waals surface area (Å²) < 4.78 is 0. The first-order chi connectivity index (χ1) is 9.61. The second-order valence-corrected chi connectivity index (χ2v) is 5.14. The fourth-order valence-corrected chi connectivity index (χ4v) is 2.41. The smallest absolute Gasteiger partial charge is 0.253 e. The van der Waals surface area contributed by atoms with Crippen LogP contribution in [0.25, 0.3) is 0 Å². The molecule has 1 heterocycles. The molecule has 0 unspecified atom stereocenters. The first-order valence-corrected chi connectivity index (χ1v) is 6.96. The van der Waals surface area contributed by atoms with E-state index in [0.717, 1.165) is 31.5 Å². The Labute approximate surface area is 119 Å². The van der Waals surface area contributed by atoms with E-state index in [1.165, 1.54) is 0 Å². The van der Waals surface area contributed by atoms with Crippen LogP contribution in [0.3, 0.4) is 0 Å². The van der Waals surface area contributed by atoms with Crippen molar-refractivity contribution in [2.45, 2.75) is 19.8 Å². The van der Waals surface area contributed by atoms with E-state index in [1.807, 2.05) is 13.0 Å². The van der Waals surface area contributed by atoms with Gasteiger partial charge in [-0.1, -0.05) is 11.6 Å². The van der Waals surface area contributed by atoms with E-state index in [9.17, 15) is 9.59 Å². The maximum Gasteiger partial charge on any atom is 0.253 e. The number of benzene rings is 1. The summed E-state index contributed by atoms with van der Waals surface area (Å²) in [5, 5.41) is 8.73. The molecular formula is C15H21N3O2. The standard InChI is InChI=1S/C15H21N3O2/c1-10-3-4-13(12(9-10)15(20)16-2)18-14(19)11-5-7-17-8-6-11/h3-4,9,11,17H,5-8H2,1-2H3,(H,16,20)(H,18,19). The molecule has 1 aliphatic rings. The Hall–Kier alpha value is -1.88. The molecule has 5 heteroatoms. The molecule has 0 saturated carbocycles. The Morgan fingerprint density at radius 3 is 2.60 bits per heavy atom. The highest BCUT2D eigenvalue weighted by molar-refractivity contribution is 6.04. The molecule has 0 radical (unpaired) electrons. The third-order valence-electron chi connectivity index (χ3n) is 3.61. The predicted molar refractivity (Wildman–Crippen MR) is 78.8 cm³/mol. The van der Waals surface area contributed by atoms with Crippen molar-refractivity contribution < 1.29 is 9.59 Å². The van der Waals surface area contributed by atoms with Gasteiger partial charge in [-0.25, -0.2) is 0 Å². The zero-order valence-corrected chi connectivity index (χ0v) is 12.0. The average Bonchev–Trinajstić information content (AvgIpc) is 2.49. The summed E-state index contributed by atoms with van der Waals surface area (Å²) in [5.74, 6) is -0.162. The van der Waals surface area contributed by atoms with E-state index in [1.54, 1.807) is 19.2 Å². The summed E-state index contributed by atoms with van der Waals surface area (Å²) in [5.41, 5.74) is 2.08. The predicted octanol–water partition coefficient (Wildman–Crippen LogP) is 1.29. The summed E-state index contributed by atoms with van der Waals surface area (Å²) >= 11 is 0. The van der Waals surface area contributed by atoms with Crippen LogP contribution >= 0.6 is 0 Å². The number of rotatable bonds is 3. The minimum atomic E-state index is -0.186. The van der Waals surface area contributed by atoms with Gasteiger partial charge in [-0.2, -0.15) is 0 Å². The van der Waals surface area contributed by atoms with E-state index in [2.05, 4.69) is 16.0 Å². The van der Waals surface area contributed by atoms with Crippen molar-refractivity contribution >= 4 is 17.5 Å². The normalized spacial score (nSPS) is 15.7. The van der Waals surface area contributed by atoms with E-state index in [0.29, 0.717) is 11.3 Å². The topological polar surface area (TPSA) is 70.2 Å². The number of hydrogen-bond acceptors (Lipinski definition) is 3. The number of nitrogens with one attached hydrogen (secondary N) is 3. The Kier molecular flexibility index (Phi) is 4.74. The first-order valence-electron chi connectivity index (χ1n) is 6.96. The lowest BCUT2D eigenvalue weighted by Crippen LogP contribution is -2.35. The lowest BCUT2D eigenvalue weighted by Gasteiger charge is -2.22. The van der Waals surface area contributed by atoms with Crippen LogP contribution in [0.2, 0.25) is 0 Å². The summed E-state index contributed by atoms with van der Waals surface area (Å²) in [6.45, 7) is 3.66. The molecule has 2 amide bonds. The van der Waals surface area contributed by atoms with Crippen molar-refractivity contribution in [3.05, 3.63) is 29.3 Å². The first kappa shape index (κ1) is 14.5. The van der Waals surface area contributed by atoms with Gasteiger partial charge in [-0.15, -0.1) is 0 Å². The molecule has 0 spiro atoms. The third kappa shape index (κ3) is 3.36. The van der Waals surface area contributed by atoms with E-state index in [-0.39, 0.29) is 17.7 Å². The average molecular weight is 275 g/mol. The van der Waals surface area contributed by atoms with Gasteiger partial charge < -0.3 is 16.0 Å². The quantitative estimate of drug-likeness (QED) is 0.778. The lowest BCUT2D eigenvalue weighted by molar-refractivity contribution is -0.120. The van der Waals surface area contributed by atoms with Gasteiger partial charge in [-0.3, -0.25) is 9.59 Å². The van der Waals surface area contributed by atoms with Crippen LogP contribution in [0, 0.1) is 12.8 Å². The molecule has 1 aromatic rings. The number of anilines is 1. The minimum Gasteiger partial charge on any atom is -0.355 e. The molecule has 0 atom stereocenters. The molecule has 1 saturated heterocycles. The van der Waals surface area contributed by atoms with Crippen molar-refractivity contribution in [1.82, 2.24) is 10.6 Å². The second-order valence-electron chi connectivity index (χ2n) is 5.14. The Morgan fingerprint density at radius 2 is 1.95 bits per heavy atom. The molecule has 3 N–H and O–H groups in total. The molecule has 108 valence electrons. The molecule has 1 aliphatic heterocycles. The molecule has 1 fully saturated rings. The fourth-order valence-electron chi connectivity index (χ4n) is 2.41. The molecule has 0 aromatic heterocycles. The zero-order valence-electron chi connectivity index (χ0n) is 12.0. The molecule has 1 aromatic carbocycles. The maximum atomic E-state index is 12.2. The molecular weight excluding hydrogens is 254 g/mol. The van der Waals surface area contributed by atoms with Gasteiger partial charge in [-0.05, 0) is 45.0 Å². The SMILES string of the molecule is CNC(=O)c1cc(C)ccc1NC(=O)C1CCNCC1. The maximum absolute atomic E-state index is 12.2. The molecule has 0 bridgehead atoms. The van der Waals surface area contributed by atoms with Crippen LogP contribution < -0.4 is 16.0 Å². The van der Waals surface area contributed by atoms with Crippen LogP contribution in [0.5, 0.6) is 0 Å². The van der Waals surface area contributed by atoms with Gasteiger partial charge in [0.15, 0.2) is 0 Å². The summed E-state index contributed by atoms with van der Waals surface area (Å²) in [7, 11) is 1.59. The summed E-state index contributed by atoms with van der Waals surface area (Å²) in [4.78, 5) is 24.1. The highest BCUT2D eigenvalue weighted by Crippen LogP contribution is 2.20. The van der Waals surface area contributed by atoms with Crippen molar-refractivity contribution in [3.63, 3.8) is 0 Å². The number of piperidine rings is 1. The van der Waals surface area contributed by atoms with Crippen molar-refractivity contribution in [3.8, 4) is 0 Å². The zero-order chi connectivity index (χ0) is 14.5. The van der Waals surface area contributed by atoms with Gasteiger partial charge in [0.1, 0.15) is 0 Å². The Balaban J connectivity index is 2.15. The van der Waals surface area contributed by atoms with Crippen molar-refractivity contribution in [2.24, 2.45) is 5.92 Å². The van der Waals surface area contributed by atoms with E-state index in [4.69, 9.17) is 0 Å². The monoisotopic (exact) mass is 275 g/mol. The highest BCUT2D eigenvalue weighted by Gasteiger charge is 2.22.